The van der Waals surface area contributed by atoms with E-state index in [1.807, 2.05) is 13.8 Å². The summed E-state index contributed by atoms with van der Waals surface area (Å²) in [4.78, 5) is 34.3. The van der Waals surface area contributed by atoms with Gasteiger partial charge in [0.1, 0.15) is 0 Å². The molecule has 3 rings (SSSR count). The van der Waals surface area contributed by atoms with Crippen molar-refractivity contribution in [2.24, 2.45) is 0 Å². The number of anilines is 1. The van der Waals surface area contributed by atoms with Crippen LogP contribution in [0.5, 0.6) is 0 Å². The lowest BCUT2D eigenvalue weighted by molar-refractivity contribution is -0.144. The van der Waals surface area contributed by atoms with Gasteiger partial charge in [-0.1, -0.05) is 6.07 Å². The van der Waals surface area contributed by atoms with Crippen molar-refractivity contribution in [1.29, 1.82) is 0 Å². The molecule has 0 aliphatic carbocycles. The van der Waals surface area contributed by atoms with Gasteiger partial charge in [0.2, 0.25) is 5.91 Å². The van der Waals surface area contributed by atoms with Crippen molar-refractivity contribution in [3.8, 4) is 0 Å². The second-order valence-electron chi connectivity index (χ2n) is 7.19. The Hall–Kier alpha value is -3.50. The van der Waals surface area contributed by atoms with Gasteiger partial charge in [-0.05, 0) is 45.9 Å². The van der Waals surface area contributed by atoms with Gasteiger partial charge in [0.05, 0.1) is 6.42 Å². The summed E-state index contributed by atoms with van der Waals surface area (Å²) in [6, 6.07) is 6.59. The van der Waals surface area contributed by atoms with E-state index in [2.05, 4.69) is 20.4 Å². The van der Waals surface area contributed by atoms with Crippen LogP contribution >= 0.6 is 0 Å². The van der Waals surface area contributed by atoms with Crippen molar-refractivity contribution in [2.45, 2.75) is 40.3 Å². The SMILES string of the molecule is CCN(CC)C(=O)c1cccc(NC(=O)Cc2c(C)nc3nc(C(F)(F)F)nn3c2C)c1. The zero-order valence-corrected chi connectivity index (χ0v) is 18.1. The smallest absolute Gasteiger partial charge is 0.339 e. The van der Waals surface area contributed by atoms with Gasteiger partial charge in [-0.25, -0.2) is 9.50 Å². The normalized spacial score (nSPS) is 11.6. The monoisotopic (exact) mass is 448 g/mol. The number of hydrogen-bond acceptors (Lipinski definition) is 5. The maximum Gasteiger partial charge on any atom is 0.453 e. The third kappa shape index (κ3) is 4.71. The van der Waals surface area contributed by atoms with Crippen LogP contribution in [-0.4, -0.2) is 49.4 Å². The number of aryl methyl sites for hydroxylation is 2. The molecule has 0 saturated heterocycles. The van der Waals surface area contributed by atoms with Crippen molar-refractivity contribution < 1.29 is 22.8 Å². The molecule has 2 amide bonds. The van der Waals surface area contributed by atoms with Gasteiger partial charge < -0.3 is 10.2 Å². The van der Waals surface area contributed by atoms with Crippen LogP contribution in [-0.2, 0) is 17.4 Å². The van der Waals surface area contributed by atoms with Crippen LogP contribution in [0.4, 0.5) is 18.9 Å². The van der Waals surface area contributed by atoms with Crippen molar-refractivity contribution in [3.63, 3.8) is 0 Å². The zero-order chi connectivity index (χ0) is 23.6. The molecule has 0 aliphatic heterocycles. The number of fused-ring (bicyclic) bond motifs is 1. The number of nitrogens with one attached hydrogen (secondary N) is 1. The summed E-state index contributed by atoms with van der Waals surface area (Å²) in [5.74, 6) is -2.01. The maximum atomic E-state index is 12.9. The van der Waals surface area contributed by atoms with Gasteiger partial charge in [-0.2, -0.15) is 18.2 Å². The first kappa shape index (κ1) is 23.2. The van der Waals surface area contributed by atoms with Gasteiger partial charge in [0.25, 0.3) is 17.5 Å². The second kappa shape index (κ2) is 8.93. The molecule has 1 aromatic carbocycles. The number of nitrogens with zero attached hydrogens (tertiary/aromatic N) is 5. The highest BCUT2D eigenvalue weighted by molar-refractivity contribution is 5.97. The van der Waals surface area contributed by atoms with Crippen LogP contribution in [0.2, 0.25) is 0 Å². The fraction of sp³-hybridized carbons (Fsp3) is 0.381. The molecule has 1 N–H and O–H groups in total. The topological polar surface area (TPSA) is 92.5 Å². The van der Waals surface area contributed by atoms with Crippen LogP contribution in [0.1, 0.15) is 47.0 Å². The minimum Gasteiger partial charge on any atom is -0.339 e. The van der Waals surface area contributed by atoms with Crippen LogP contribution in [0, 0.1) is 13.8 Å². The highest BCUT2D eigenvalue weighted by Gasteiger charge is 2.37. The number of halogens is 3. The van der Waals surface area contributed by atoms with Crippen LogP contribution < -0.4 is 5.32 Å². The fourth-order valence-corrected chi connectivity index (χ4v) is 3.37. The Morgan fingerprint density at radius 2 is 1.81 bits per heavy atom. The number of alkyl halides is 3. The van der Waals surface area contributed by atoms with Crippen LogP contribution in [0.25, 0.3) is 5.78 Å². The van der Waals surface area contributed by atoms with Gasteiger partial charge in [-0.3, -0.25) is 9.59 Å². The Balaban J connectivity index is 1.82. The molecule has 0 unspecified atom stereocenters. The van der Waals surface area contributed by atoms with E-state index in [1.165, 1.54) is 0 Å². The predicted octanol–water partition coefficient (Wildman–Crippen LogP) is 3.42. The molecule has 3 aromatic rings. The van der Waals surface area contributed by atoms with E-state index in [0.717, 1.165) is 4.52 Å². The minimum absolute atomic E-state index is 0.129. The standard InChI is InChI=1S/C21H23F3N6O2/c1-5-29(6-2)18(32)14-8-7-9-15(10-14)26-17(31)11-16-12(3)25-20-27-19(21(22,23)24)28-30(20)13(16)4/h7-10H,5-6,11H2,1-4H3,(H,26,31). The molecule has 0 saturated carbocycles. The van der Waals surface area contributed by atoms with E-state index in [9.17, 15) is 22.8 Å². The molecule has 0 fully saturated rings. The lowest BCUT2D eigenvalue weighted by atomic mass is 10.1. The molecule has 0 spiro atoms. The first-order chi connectivity index (χ1) is 15.0. The molecule has 170 valence electrons. The van der Waals surface area contributed by atoms with Gasteiger partial charge >= 0.3 is 6.18 Å². The summed E-state index contributed by atoms with van der Waals surface area (Å²) >= 11 is 0. The Morgan fingerprint density at radius 3 is 2.44 bits per heavy atom. The number of rotatable bonds is 6. The number of hydrogen-bond donors (Lipinski definition) is 1. The second-order valence-corrected chi connectivity index (χ2v) is 7.19. The summed E-state index contributed by atoms with van der Waals surface area (Å²) in [6.07, 6.45) is -4.82. The number of benzene rings is 1. The Labute approximate surface area is 182 Å². The molecule has 8 nitrogen and oxygen atoms in total. The average Bonchev–Trinajstić information content (AvgIpc) is 3.17. The molecule has 11 heteroatoms. The quantitative estimate of drug-likeness (QED) is 0.624. The molecule has 0 bridgehead atoms. The number of aromatic nitrogens is 4. The van der Waals surface area contributed by atoms with Crippen LogP contribution in [0.3, 0.4) is 0 Å². The summed E-state index contributed by atoms with van der Waals surface area (Å²) in [5.41, 5.74) is 2.07. The third-order valence-corrected chi connectivity index (χ3v) is 5.08. The molecule has 0 radical (unpaired) electrons. The van der Waals surface area contributed by atoms with Crippen molar-refractivity contribution in [3.05, 3.63) is 52.6 Å². The maximum absolute atomic E-state index is 12.9. The van der Waals surface area contributed by atoms with E-state index in [1.54, 1.807) is 43.0 Å². The van der Waals surface area contributed by atoms with E-state index in [0.29, 0.717) is 41.3 Å². The van der Waals surface area contributed by atoms with Gasteiger partial charge in [0.15, 0.2) is 0 Å². The highest BCUT2D eigenvalue weighted by atomic mass is 19.4. The van der Waals surface area contributed by atoms with Crippen molar-refractivity contribution in [1.82, 2.24) is 24.5 Å². The predicted molar refractivity (Wildman–Crippen MR) is 111 cm³/mol. The van der Waals surface area contributed by atoms with E-state index in [4.69, 9.17) is 0 Å². The number of amides is 2. The van der Waals surface area contributed by atoms with E-state index in [-0.39, 0.29) is 18.1 Å². The number of carbonyl (C=O) groups is 2. The Kier molecular flexibility index (Phi) is 6.47. The van der Waals surface area contributed by atoms with E-state index < -0.39 is 17.9 Å². The van der Waals surface area contributed by atoms with Crippen molar-refractivity contribution >= 4 is 23.3 Å². The number of carbonyl (C=O) groups excluding carboxylic acids is 2. The van der Waals surface area contributed by atoms with Crippen LogP contribution in [0.15, 0.2) is 24.3 Å². The molecule has 2 aromatic heterocycles. The molecule has 0 atom stereocenters. The van der Waals surface area contributed by atoms with E-state index >= 15 is 0 Å². The first-order valence-electron chi connectivity index (χ1n) is 10.0. The summed E-state index contributed by atoms with van der Waals surface area (Å²) in [7, 11) is 0. The van der Waals surface area contributed by atoms with Gasteiger partial charge in [0, 0.05) is 41.3 Å². The lowest BCUT2D eigenvalue weighted by Gasteiger charge is -2.19. The van der Waals surface area contributed by atoms with Crippen molar-refractivity contribution in [2.75, 3.05) is 18.4 Å². The molecular weight excluding hydrogens is 425 g/mol. The fourth-order valence-electron chi connectivity index (χ4n) is 3.37. The summed E-state index contributed by atoms with van der Waals surface area (Å²) in [5, 5.41) is 6.21. The minimum atomic E-state index is -4.70. The summed E-state index contributed by atoms with van der Waals surface area (Å²) in [6.45, 7) is 8.06. The first-order valence-corrected chi connectivity index (χ1v) is 10.0. The molecule has 0 aliphatic rings. The lowest BCUT2D eigenvalue weighted by Crippen LogP contribution is -2.30. The molecule has 2 heterocycles. The Bertz CT molecular complexity index is 1170. The summed E-state index contributed by atoms with van der Waals surface area (Å²) < 4.78 is 39.8. The Morgan fingerprint density at radius 1 is 1.12 bits per heavy atom. The largest absolute Gasteiger partial charge is 0.453 e. The molecular formula is C21H23F3N6O2. The zero-order valence-electron chi connectivity index (χ0n) is 18.1. The van der Waals surface area contributed by atoms with Gasteiger partial charge in [-0.15, -0.1) is 5.10 Å². The molecule has 32 heavy (non-hydrogen) atoms. The average molecular weight is 448 g/mol. The highest BCUT2D eigenvalue weighted by Crippen LogP contribution is 2.27. The third-order valence-electron chi connectivity index (χ3n) is 5.08.